The van der Waals surface area contributed by atoms with Crippen molar-refractivity contribution in [3.05, 3.63) is 42.0 Å². The molecule has 2 rings (SSSR count). The SMILES string of the molecule is Cc1cc(C(C=O)C(=O)Nc2cccnc2)on1. The standard InChI is InChI=1S/C12H11N3O3/c1-8-5-11(18-15-8)10(7-16)12(17)14-9-3-2-4-13-6-9/h2-7,10H,1H3,(H,14,17). The topological polar surface area (TPSA) is 85.1 Å². The molecule has 6 heteroatoms. The number of pyridine rings is 1. The van der Waals surface area contributed by atoms with Crippen LogP contribution in [0.25, 0.3) is 0 Å². The van der Waals surface area contributed by atoms with Crippen molar-refractivity contribution in [3.63, 3.8) is 0 Å². The molecule has 1 N–H and O–H groups in total. The van der Waals surface area contributed by atoms with E-state index in [2.05, 4.69) is 15.5 Å². The molecule has 0 bridgehead atoms. The van der Waals surface area contributed by atoms with E-state index >= 15 is 0 Å². The third-order valence-corrected chi connectivity index (χ3v) is 2.30. The minimum Gasteiger partial charge on any atom is -0.360 e. The Morgan fingerprint density at radius 1 is 1.56 bits per heavy atom. The molecule has 0 aromatic carbocycles. The monoisotopic (exact) mass is 245 g/mol. The molecule has 92 valence electrons. The highest BCUT2D eigenvalue weighted by molar-refractivity contribution is 6.04. The number of hydrogen-bond acceptors (Lipinski definition) is 5. The largest absolute Gasteiger partial charge is 0.360 e. The summed E-state index contributed by atoms with van der Waals surface area (Å²) in [5, 5.41) is 6.23. The van der Waals surface area contributed by atoms with Crippen molar-refractivity contribution in [2.75, 3.05) is 5.32 Å². The number of amides is 1. The summed E-state index contributed by atoms with van der Waals surface area (Å²) in [5.41, 5.74) is 1.14. The molecule has 1 atom stereocenters. The van der Waals surface area contributed by atoms with Crippen molar-refractivity contribution >= 4 is 17.9 Å². The van der Waals surface area contributed by atoms with Gasteiger partial charge in [-0.05, 0) is 19.1 Å². The lowest BCUT2D eigenvalue weighted by molar-refractivity contribution is -0.122. The van der Waals surface area contributed by atoms with Crippen LogP contribution in [-0.2, 0) is 9.59 Å². The van der Waals surface area contributed by atoms with Crippen LogP contribution in [0.5, 0.6) is 0 Å². The van der Waals surface area contributed by atoms with Gasteiger partial charge in [-0.3, -0.25) is 9.78 Å². The summed E-state index contributed by atoms with van der Waals surface area (Å²) in [4.78, 5) is 26.7. The maximum absolute atomic E-state index is 11.9. The predicted octanol–water partition coefficient (Wildman–Crippen LogP) is 1.30. The summed E-state index contributed by atoms with van der Waals surface area (Å²) < 4.78 is 4.92. The second-order valence-corrected chi connectivity index (χ2v) is 3.72. The zero-order chi connectivity index (χ0) is 13.0. The Bertz CT molecular complexity index is 551. The Morgan fingerprint density at radius 2 is 2.39 bits per heavy atom. The molecular formula is C12H11N3O3. The molecular weight excluding hydrogens is 234 g/mol. The van der Waals surface area contributed by atoms with Crippen LogP contribution >= 0.6 is 0 Å². The highest BCUT2D eigenvalue weighted by Gasteiger charge is 2.24. The Hall–Kier alpha value is -2.50. The van der Waals surface area contributed by atoms with Gasteiger partial charge in [0.15, 0.2) is 11.7 Å². The van der Waals surface area contributed by atoms with Crippen LogP contribution in [0.4, 0.5) is 5.69 Å². The average Bonchev–Trinajstić information content (AvgIpc) is 2.78. The number of hydrogen-bond donors (Lipinski definition) is 1. The number of aldehydes is 1. The molecule has 0 saturated heterocycles. The average molecular weight is 245 g/mol. The molecule has 0 radical (unpaired) electrons. The minimum atomic E-state index is -1.01. The molecule has 2 aromatic heterocycles. The molecule has 0 aliphatic carbocycles. The first-order valence-corrected chi connectivity index (χ1v) is 5.30. The van der Waals surface area contributed by atoms with Gasteiger partial charge in [0.2, 0.25) is 5.91 Å². The Morgan fingerprint density at radius 3 is 2.94 bits per heavy atom. The summed E-state index contributed by atoms with van der Waals surface area (Å²) in [7, 11) is 0. The van der Waals surface area contributed by atoms with Crippen LogP contribution in [0, 0.1) is 6.92 Å². The van der Waals surface area contributed by atoms with Crippen molar-refractivity contribution in [1.29, 1.82) is 0 Å². The van der Waals surface area contributed by atoms with Gasteiger partial charge in [-0.2, -0.15) is 0 Å². The highest BCUT2D eigenvalue weighted by Crippen LogP contribution is 2.17. The zero-order valence-corrected chi connectivity index (χ0v) is 9.66. The molecule has 0 aliphatic heterocycles. The number of rotatable bonds is 4. The fourth-order valence-electron chi connectivity index (χ4n) is 1.44. The zero-order valence-electron chi connectivity index (χ0n) is 9.66. The van der Waals surface area contributed by atoms with Gasteiger partial charge in [0.1, 0.15) is 6.29 Å². The molecule has 0 saturated carbocycles. The fraction of sp³-hybridized carbons (Fsp3) is 0.167. The van der Waals surface area contributed by atoms with E-state index in [-0.39, 0.29) is 5.76 Å². The van der Waals surface area contributed by atoms with Crippen LogP contribution in [0.2, 0.25) is 0 Å². The van der Waals surface area contributed by atoms with Gasteiger partial charge in [-0.1, -0.05) is 5.16 Å². The van der Waals surface area contributed by atoms with Crippen molar-refractivity contribution in [3.8, 4) is 0 Å². The third-order valence-electron chi connectivity index (χ3n) is 2.30. The number of nitrogens with one attached hydrogen (secondary N) is 1. The molecule has 1 unspecified atom stereocenters. The van der Waals surface area contributed by atoms with E-state index < -0.39 is 11.8 Å². The lowest BCUT2D eigenvalue weighted by Crippen LogP contribution is -2.21. The Balaban J connectivity index is 2.14. The van der Waals surface area contributed by atoms with Crippen LogP contribution in [0.1, 0.15) is 17.4 Å². The lowest BCUT2D eigenvalue weighted by atomic mass is 10.1. The van der Waals surface area contributed by atoms with E-state index in [1.54, 1.807) is 31.3 Å². The molecule has 0 fully saturated rings. The van der Waals surface area contributed by atoms with Gasteiger partial charge >= 0.3 is 0 Å². The summed E-state index contributed by atoms with van der Waals surface area (Å²) in [6, 6.07) is 4.92. The predicted molar refractivity (Wildman–Crippen MR) is 62.9 cm³/mol. The van der Waals surface area contributed by atoms with Crippen LogP contribution < -0.4 is 5.32 Å². The van der Waals surface area contributed by atoms with Crippen molar-refractivity contribution in [1.82, 2.24) is 10.1 Å². The number of carbonyl (C=O) groups is 2. The van der Waals surface area contributed by atoms with E-state index in [0.29, 0.717) is 17.7 Å². The van der Waals surface area contributed by atoms with Gasteiger partial charge in [-0.15, -0.1) is 0 Å². The van der Waals surface area contributed by atoms with E-state index in [9.17, 15) is 9.59 Å². The van der Waals surface area contributed by atoms with E-state index in [4.69, 9.17) is 4.52 Å². The van der Waals surface area contributed by atoms with Crippen molar-refractivity contribution in [2.45, 2.75) is 12.8 Å². The molecule has 0 aliphatic rings. The Labute approximate surface area is 103 Å². The lowest BCUT2D eigenvalue weighted by Gasteiger charge is -2.07. The van der Waals surface area contributed by atoms with Gasteiger partial charge in [0.25, 0.3) is 0 Å². The van der Waals surface area contributed by atoms with Crippen LogP contribution in [-0.4, -0.2) is 22.3 Å². The summed E-state index contributed by atoms with van der Waals surface area (Å²) in [6.07, 6.45) is 3.60. The first-order chi connectivity index (χ1) is 8.70. The van der Waals surface area contributed by atoms with E-state index in [1.807, 2.05) is 0 Å². The molecule has 1 amide bonds. The number of aryl methyl sites for hydroxylation is 1. The summed E-state index contributed by atoms with van der Waals surface area (Å²) >= 11 is 0. The maximum Gasteiger partial charge on any atom is 0.242 e. The third kappa shape index (κ3) is 2.60. The first-order valence-electron chi connectivity index (χ1n) is 5.30. The quantitative estimate of drug-likeness (QED) is 0.648. The van der Waals surface area contributed by atoms with Gasteiger partial charge in [0, 0.05) is 12.3 Å². The number of carbonyl (C=O) groups excluding carboxylic acids is 2. The van der Waals surface area contributed by atoms with Crippen molar-refractivity contribution < 1.29 is 14.1 Å². The van der Waals surface area contributed by atoms with Crippen LogP contribution in [0.15, 0.2) is 35.1 Å². The molecule has 2 heterocycles. The smallest absolute Gasteiger partial charge is 0.242 e. The van der Waals surface area contributed by atoms with Gasteiger partial charge < -0.3 is 14.6 Å². The second-order valence-electron chi connectivity index (χ2n) is 3.72. The fourth-order valence-corrected chi connectivity index (χ4v) is 1.44. The molecule has 18 heavy (non-hydrogen) atoms. The maximum atomic E-state index is 11.9. The second kappa shape index (κ2) is 5.22. The number of aromatic nitrogens is 2. The summed E-state index contributed by atoms with van der Waals surface area (Å²) in [6.45, 7) is 1.72. The number of nitrogens with zero attached hydrogens (tertiary/aromatic N) is 2. The Kier molecular flexibility index (Phi) is 3.47. The highest BCUT2D eigenvalue weighted by atomic mass is 16.5. The molecule has 6 nitrogen and oxygen atoms in total. The first kappa shape index (κ1) is 12.0. The van der Waals surface area contributed by atoms with Gasteiger partial charge in [-0.25, -0.2) is 0 Å². The number of anilines is 1. The minimum absolute atomic E-state index is 0.226. The van der Waals surface area contributed by atoms with Crippen molar-refractivity contribution in [2.24, 2.45) is 0 Å². The molecule has 0 spiro atoms. The van der Waals surface area contributed by atoms with Gasteiger partial charge in [0.05, 0.1) is 17.6 Å². The summed E-state index contributed by atoms with van der Waals surface area (Å²) in [5.74, 6) is -1.26. The van der Waals surface area contributed by atoms with E-state index in [0.717, 1.165) is 0 Å². The van der Waals surface area contributed by atoms with Crippen LogP contribution in [0.3, 0.4) is 0 Å². The normalized spacial score (nSPS) is 11.8. The molecule has 2 aromatic rings. The van der Waals surface area contributed by atoms with E-state index in [1.165, 1.54) is 6.20 Å².